The molecule has 1 amide bonds. The van der Waals surface area contributed by atoms with Crippen LogP contribution >= 0.6 is 11.3 Å². The lowest BCUT2D eigenvalue weighted by Crippen LogP contribution is -2.43. The van der Waals surface area contributed by atoms with Crippen LogP contribution in [-0.2, 0) is 11.2 Å². The number of carbonyl (C=O) groups excluding carboxylic acids is 1. The van der Waals surface area contributed by atoms with Gasteiger partial charge < -0.3 is 10.2 Å². The van der Waals surface area contributed by atoms with Crippen molar-refractivity contribution < 1.29 is 4.79 Å². The Hall–Kier alpha value is -1.69. The van der Waals surface area contributed by atoms with Crippen molar-refractivity contribution in [3.8, 4) is 0 Å². The number of nitrogens with one attached hydrogen (secondary N) is 1. The van der Waals surface area contributed by atoms with Crippen molar-refractivity contribution in [2.45, 2.75) is 40.0 Å². The topological polar surface area (TPSA) is 58.1 Å². The molecule has 0 spiro atoms. The largest absolute Gasteiger partial charge is 0.369 e. The number of amides is 1. The molecule has 1 aliphatic heterocycles. The number of aromatic nitrogens is 2. The number of hydrogen-bond donors (Lipinski definition) is 1. The lowest BCUT2D eigenvalue weighted by molar-refractivity contribution is -0.133. The number of likely N-dealkylation sites (tertiary alicyclic amines) is 1. The van der Waals surface area contributed by atoms with Crippen molar-refractivity contribution in [2.75, 3.05) is 25.0 Å². The zero-order chi connectivity index (χ0) is 17.1. The highest BCUT2D eigenvalue weighted by atomic mass is 32.1. The van der Waals surface area contributed by atoms with E-state index in [1.54, 1.807) is 17.7 Å². The number of thiophene rings is 1. The zero-order valence-electron chi connectivity index (χ0n) is 14.7. The van der Waals surface area contributed by atoms with Gasteiger partial charge in [0.1, 0.15) is 17.0 Å². The molecule has 5 nitrogen and oxygen atoms in total. The fourth-order valence-corrected chi connectivity index (χ4v) is 4.47. The van der Waals surface area contributed by atoms with E-state index in [1.807, 2.05) is 4.90 Å². The maximum atomic E-state index is 12.4. The van der Waals surface area contributed by atoms with E-state index in [1.165, 1.54) is 11.3 Å². The number of fused-ring (bicyclic) bond motifs is 1. The van der Waals surface area contributed by atoms with E-state index in [0.29, 0.717) is 24.8 Å². The van der Waals surface area contributed by atoms with Crippen LogP contribution in [0, 0.1) is 11.8 Å². The number of rotatable bonds is 5. The molecule has 0 saturated carbocycles. The van der Waals surface area contributed by atoms with Gasteiger partial charge >= 0.3 is 0 Å². The van der Waals surface area contributed by atoms with Gasteiger partial charge in [0.05, 0.1) is 5.39 Å². The van der Waals surface area contributed by atoms with Crippen molar-refractivity contribution in [3.63, 3.8) is 0 Å². The van der Waals surface area contributed by atoms with Crippen LogP contribution < -0.4 is 5.32 Å². The van der Waals surface area contributed by atoms with Gasteiger partial charge in [-0.3, -0.25) is 4.79 Å². The Bertz CT molecular complexity index is 704. The van der Waals surface area contributed by atoms with Gasteiger partial charge in [-0.15, -0.1) is 11.3 Å². The first-order valence-corrected chi connectivity index (χ1v) is 9.63. The van der Waals surface area contributed by atoms with Gasteiger partial charge in [-0.05, 0) is 30.7 Å². The van der Waals surface area contributed by atoms with Gasteiger partial charge in [-0.25, -0.2) is 9.97 Å². The second-order valence-electron chi connectivity index (χ2n) is 6.93. The second-order valence-corrected chi connectivity index (χ2v) is 8.04. The number of hydrogen-bond acceptors (Lipinski definition) is 5. The summed E-state index contributed by atoms with van der Waals surface area (Å²) >= 11 is 1.71. The summed E-state index contributed by atoms with van der Waals surface area (Å²) in [4.78, 5) is 25.5. The molecule has 2 unspecified atom stereocenters. The molecule has 6 heteroatoms. The van der Waals surface area contributed by atoms with Crippen LogP contribution in [0.4, 0.5) is 5.82 Å². The van der Waals surface area contributed by atoms with Crippen molar-refractivity contribution >= 4 is 33.3 Å². The van der Waals surface area contributed by atoms with Gasteiger partial charge in [-0.2, -0.15) is 0 Å². The van der Waals surface area contributed by atoms with Crippen LogP contribution in [0.5, 0.6) is 0 Å². The minimum absolute atomic E-state index is 0.241. The number of nitrogens with zero attached hydrogens (tertiary/aromatic N) is 3. The summed E-state index contributed by atoms with van der Waals surface area (Å²) in [6, 6.07) is 2.15. The summed E-state index contributed by atoms with van der Waals surface area (Å²) in [5.74, 6) is 2.28. The third-order valence-corrected chi connectivity index (χ3v) is 5.77. The summed E-state index contributed by atoms with van der Waals surface area (Å²) in [6.07, 6.45) is 4.33. The first-order chi connectivity index (χ1) is 11.6. The molecule has 0 aliphatic carbocycles. The number of piperidine rings is 1. The molecule has 2 aromatic heterocycles. The molecule has 1 fully saturated rings. The van der Waals surface area contributed by atoms with Crippen molar-refractivity contribution in [1.29, 1.82) is 0 Å². The van der Waals surface area contributed by atoms with E-state index in [9.17, 15) is 4.79 Å². The molecular formula is C18H26N4OS. The molecule has 0 bridgehead atoms. The molecular weight excluding hydrogens is 320 g/mol. The van der Waals surface area contributed by atoms with E-state index in [4.69, 9.17) is 0 Å². The number of carbonyl (C=O) groups is 1. The highest BCUT2D eigenvalue weighted by Crippen LogP contribution is 2.28. The monoisotopic (exact) mass is 346 g/mol. The molecule has 3 heterocycles. The normalized spacial score (nSPS) is 21.2. The third-order valence-electron chi connectivity index (χ3n) is 4.58. The second kappa shape index (κ2) is 7.47. The highest BCUT2D eigenvalue weighted by molar-refractivity contribution is 7.18. The highest BCUT2D eigenvalue weighted by Gasteiger charge is 2.24. The Labute approximate surface area is 147 Å². The molecule has 2 aromatic rings. The lowest BCUT2D eigenvalue weighted by atomic mass is 9.92. The Morgan fingerprint density at radius 3 is 2.79 bits per heavy atom. The van der Waals surface area contributed by atoms with Crippen molar-refractivity contribution in [2.24, 2.45) is 11.8 Å². The molecule has 3 rings (SSSR count). The Balaban J connectivity index is 1.58. The van der Waals surface area contributed by atoms with E-state index in [0.717, 1.165) is 35.5 Å². The van der Waals surface area contributed by atoms with Crippen LogP contribution in [0.25, 0.3) is 10.2 Å². The van der Waals surface area contributed by atoms with Gasteiger partial charge in [0, 0.05) is 30.9 Å². The average molecular weight is 347 g/mol. The molecule has 0 radical (unpaired) electrons. The fraction of sp³-hybridized carbons (Fsp3) is 0.611. The van der Waals surface area contributed by atoms with Crippen molar-refractivity contribution in [1.82, 2.24) is 14.9 Å². The first kappa shape index (κ1) is 17.1. The average Bonchev–Trinajstić information content (AvgIpc) is 2.98. The van der Waals surface area contributed by atoms with Crippen LogP contribution in [0.2, 0.25) is 0 Å². The predicted octanol–water partition coefficient (Wildman–Crippen LogP) is 3.56. The molecule has 1 saturated heterocycles. The first-order valence-electron chi connectivity index (χ1n) is 8.81. The SMILES string of the molecule is CCc1cc2c(NCCC(=O)N3CC(C)CC(C)C3)ncnc2s1. The maximum absolute atomic E-state index is 12.4. The minimum atomic E-state index is 0.241. The van der Waals surface area contributed by atoms with Crippen molar-refractivity contribution in [3.05, 3.63) is 17.3 Å². The lowest BCUT2D eigenvalue weighted by Gasteiger charge is -2.35. The Morgan fingerprint density at radius 2 is 2.08 bits per heavy atom. The molecule has 24 heavy (non-hydrogen) atoms. The predicted molar refractivity (Wildman–Crippen MR) is 99.4 cm³/mol. The minimum Gasteiger partial charge on any atom is -0.369 e. The van der Waals surface area contributed by atoms with Gasteiger partial charge in [0.15, 0.2) is 0 Å². The summed E-state index contributed by atoms with van der Waals surface area (Å²) in [5.41, 5.74) is 0. The smallest absolute Gasteiger partial charge is 0.224 e. The van der Waals surface area contributed by atoms with Gasteiger partial charge in [0.25, 0.3) is 0 Å². The summed E-state index contributed by atoms with van der Waals surface area (Å²) in [5, 5.41) is 4.39. The van der Waals surface area contributed by atoms with E-state index < -0.39 is 0 Å². The van der Waals surface area contributed by atoms with E-state index in [2.05, 4.69) is 42.1 Å². The van der Waals surface area contributed by atoms with Gasteiger partial charge in [-0.1, -0.05) is 20.8 Å². The number of aryl methyl sites for hydroxylation is 1. The van der Waals surface area contributed by atoms with Crippen LogP contribution in [0.1, 0.15) is 38.5 Å². The quantitative estimate of drug-likeness (QED) is 0.899. The summed E-state index contributed by atoms with van der Waals surface area (Å²) in [7, 11) is 0. The molecule has 0 aromatic carbocycles. The Morgan fingerprint density at radius 1 is 1.33 bits per heavy atom. The number of anilines is 1. The van der Waals surface area contributed by atoms with E-state index >= 15 is 0 Å². The summed E-state index contributed by atoms with van der Waals surface area (Å²) in [6.45, 7) is 9.00. The maximum Gasteiger partial charge on any atom is 0.224 e. The van der Waals surface area contributed by atoms with E-state index in [-0.39, 0.29) is 5.91 Å². The van der Waals surface area contributed by atoms with Crippen LogP contribution in [0.15, 0.2) is 12.4 Å². The Kier molecular flexibility index (Phi) is 5.33. The third kappa shape index (κ3) is 3.86. The van der Waals surface area contributed by atoms with Gasteiger partial charge in [0.2, 0.25) is 5.91 Å². The fourth-order valence-electron chi connectivity index (χ4n) is 3.53. The zero-order valence-corrected chi connectivity index (χ0v) is 15.5. The molecule has 1 N–H and O–H groups in total. The van der Waals surface area contributed by atoms with Crippen LogP contribution in [-0.4, -0.2) is 40.4 Å². The van der Waals surface area contributed by atoms with Crippen LogP contribution in [0.3, 0.4) is 0 Å². The molecule has 2 atom stereocenters. The standard InChI is InChI=1S/C18H26N4OS/c1-4-14-8-15-17(20-11-21-18(15)24-14)19-6-5-16(23)22-9-12(2)7-13(3)10-22/h8,11-13H,4-7,9-10H2,1-3H3,(H,19,20,21). The molecule has 130 valence electrons. The molecule has 1 aliphatic rings. The summed E-state index contributed by atoms with van der Waals surface area (Å²) < 4.78 is 0.